The molecule has 0 aliphatic carbocycles. The van der Waals surface area contributed by atoms with E-state index in [1.54, 1.807) is 0 Å². The quantitative estimate of drug-likeness (QED) is 0.751. The first-order chi connectivity index (χ1) is 6.32. The van der Waals surface area contributed by atoms with Crippen LogP contribution in [0.4, 0.5) is 0 Å². The Bertz CT molecular complexity index is 215. The fourth-order valence-electron chi connectivity index (χ4n) is 2.25. The van der Waals surface area contributed by atoms with Gasteiger partial charge in [0.1, 0.15) is 0 Å². The van der Waals surface area contributed by atoms with Crippen LogP contribution in [-0.2, 0) is 4.79 Å². The van der Waals surface area contributed by atoms with Gasteiger partial charge in [0, 0.05) is 19.1 Å². The number of hydrogen-bond donors (Lipinski definition) is 1. The van der Waals surface area contributed by atoms with Gasteiger partial charge in [0.05, 0.1) is 6.42 Å². The molecule has 3 heteroatoms. The third-order valence-electron chi connectivity index (χ3n) is 2.88. The molecule has 1 rings (SSSR count). The average Bonchev–Trinajstić information content (AvgIpc) is 1.94. The third-order valence-corrected chi connectivity index (χ3v) is 2.88. The predicted molar refractivity (Wildman–Crippen MR) is 56.2 cm³/mol. The van der Waals surface area contributed by atoms with Crippen molar-refractivity contribution in [3.63, 3.8) is 0 Å². The van der Waals surface area contributed by atoms with Crippen molar-refractivity contribution in [2.45, 2.75) is 40.2 Å². The highest BCUT2D eigenvalue weighted by Crippen LogP contribution is 2.33. The molecule has 0 saturated carbocycles. The van der Waals surface area contributed by atoms with Crippen molar-refractivity contribution < 1.29 is 9.90 Å². The molecule has 0 radical (unpaired) electrons. The minimum atomic E-state index is -0.687. The lowest BCUT2D eigenvalue weighted by Gasteiger charge is -2.50. The summed E-state index contributed by atoms with van der Waals surface area (Å²) in [6, 6.07) is 0.209. The monoisotopic (exact) mass is 199 g/mol. The molecule has 14 heavy (non-hydrogen) atoms. The SMILES string of the molecule is CC(C)C(CC(=O)O)N1CC(C)(C)C1. The summed E-state index contributed by atoms with van der Waals surface area (Å²) in [6.07, 6.45) is 0.272. The van der Waals surface area contributed by atoms with Crippen LogP contribution in [0.25, 0.3) is 0 Å². The number of likely N-dealkylation sites (tertiary alicyclic amines) is 1. The maximum absolute atomic E-state index is 10.7. The third kappa shape index (κ3) is 2.71. The lowest BCUT2D eigenvalue weighted by Crippen LogP contribution is -2.58. The van der Waals surface area contributed by atoms with E-state index in [2.05, 4.69) is 32.6 Å². The summed E-state index contributed by atoms with van der Waals surface area (Å²) in [5, 5.41) is 8.80. The number of aliphatic carboxylic acids is 1. The maximum Gasteiger partial charge on any atom is 0.304 e. The first-order valence-electron chi connectivity index (χ1n) is 5.28. The first kappa shape index (κ1) is 11.5. The molecule has 0 aromatic heterocycles. The van der Waals surface area contributed by atoms with Crippen LogP contribution in [0.5, 0.6) is 0 Å². The van der Waals surface area contributed by atoms with E-state index in [0.29, 0.717) is 11.3 Å². The number of rotatable bonds is 4. The molecule has 3 nitrogen and oxygen atoms in total. The fourth-order valence-corrected chi connectivity index (χ4v) is 2.25. The first-order valence-corrected chi connectivity index (χ1v) is 5.28. The Morgan fingerprint density at radius 1 is 1.43 bits per heavy atom. The molecule has 0 aromatic carbocycles. The van der Waals surface area contributed by atoms with Crippen molar-refractivity contribution in [1.82, 2.24) is 4.90 Å². The largest absolute Gasteiger partial charge is 0.481 e. The van der Waals surface area contributed by atoms with Gasteiger partial charge in [0.15, 0.2) is 0 Å². The molecular formula is C11H21NO2. The van der Waals surface area contributed by atoms with Crippen molar-refractivity contribution >= 4 is 5.97 Å². The van der Waals surface area contributed by atoms with Gasteiger partial charge in [-0.3, -0.25) is 9.69 Å². The van der Waals surface area contributed by atoms with Crippen LogP contribution in [0.3, 0.4) is 0 Å². The van der Waals surface area contributed by atoms with Gasteiger partial charge < -0.3 is 5.11 Å². The maximum atomic E-state index is 10.7. The zero-order valence-corrected chi connectivity index (χ0v) is 9.58. The molecule has 1 unspecified atom stereocenters. The Morgan fingerprint density at radius 2 is 1.93 bits per heavy atom. The van der Waals surface area contributed by atoms with E-state index in [4.69, 9.17) is 5.11 Å². The van der Waals surface area contributed by atoms with Crippen LogP contribution in [0.2, 0.25) is 0 Å². The van der Waals surface area contributed by atoms with E-state index >= 15 is 0 Å². The molecule has 0 amide bonds. The Morgan fingerprint density at radius 3 is 2.21 bits per heavy atom. The Labute approximate surface area is 86.1 Å². The van der Waals surface area contributed by atoms with Crippen LogP contribution in [0, 0.1) is 11.3 Å². The van der Waals surface area contributed by atoms with E-state index in [-0.39, 0.29) is 12.5 Å². The summed E-state index contributed by atoms with van der Waals surface area (Å²) >= 11 is 0. The van der Waals surface area contributed by atoms with Crippen molar-refractivity contribution in [2.24, 2.45) is 11.3 Å². The van der Waals surface area contributed by atoms with E-state index in [1.165, 1.54) is 0 Å². The van der Waals surface area contributed by atoms with E-state index < -0.39 is 5.97 Å². The van der Waals surface area contributed by atoms with Gasteiger partial charge >= 0.3 is 5.97 Å². The Hall–Kier alpha value is -0.570. The van der Waals surface area contributed by atoms with Gasteiger partial charge in [-0.1, -0.05) is 27.7 Å². The molecule has 1 atom stereocenters. The van der Waals surface area contributed by atoms with Crippen molar-refractivity contribution in [3.05, 3.63) is 0 Å². The van der Waals surface area contributed by atoms with Gasteiger partial charge in [-0.05, 0) is 11.3 Å². The van der Waals surface area contributed by atoms with Crippen LogP contribution in [0.1, 0.15) is 34.1 Å². The standard InChI is InChI=1S/C11H21NO2/c1-8(2)9(5-10(13)14)12-6-11(3,4)7-12/h8-9H,5-7H2,1-4H3,(H,13,14). The highest BCUT2D eigenvalue weighted by atomic mass is 16.4. The number of hydrogen-bond acceptors (Lipinski definition) is 2. The van der Waals surface area contributed by atoms with Gasteiger partial charge in [0.2, 0.25) is 0 Å². The molecule has 0 aromatic rings. The summed E-state index contributed by atoms with van der Waals surface area (Å²) in [6.45, 7) is 10.7. The van der Waals surface area contributed by atoms with Crippen molar-refractivity contribution in [3.8, 4) is 0 Å². The molecule has 0 spiro atoms. The molecule has 1 saturated heterocycles. The van der Waals surface area contributed by atoms with Crippen molar-refractivity contribution in [2.75, 3.05) is 13.1 Å². The second kappa shape index (κ2) is 3.89. The molecule has 1 heterocycles. The molecule has 1 aliphatic rings. The van der Waals surface area contributed by atoms with Gasteiger partial charge in [-0.25, -0.2) is 0 Å². The lowest BCUT2D eigenvalue weighted by atomic mass is 9.81. The van der Waals surface area contributed by atoms with Crippen molar-refractivity contribution in [1.29, 1.82) is 0 Å². The number of carboxylic acids is 1. The summed E-state index contributed by atoms with van der Waals surface area (Å²) in [4.78, 5) is 13.0. The van der Waals surface area contributed by atoms with Crippen LogP contribution in [0.15, 0.2) is 0 Å². The van der Waals surface area contributed by atoms with Gasteiger partial charge in [0.25, 0.3) is 0 Å². The summed E-state index contributed by atoms with van der Waals surface area (Å²) < 4.78 is 0. The Kier molecular flexibility index (Phi) is 3.20. The van der Waals surface area contributed by atoms with Gasteiger partial charge in [-0.2, -0.15) is 0 Å². The summed E-state index contributed by atoms with van der Waals surface area (Å²) in [7, 11) is 0. The summed E-state index contributed by atoms with van der Waals surface area (Å²) in [5.74, 6) is -0.268. The zero-order valence-electron chi connectivity index (χ0n) is 9.58. The molecular weight excluding hydrogens is 178 g/mol. The minimum Gasteiger partial charge on any atom is -0.481 e. The second-order valence-corrected chi connectivity index (χ2v) is 5.48. The fraction of sp³-hybridized carbons (Fsp3) is 0.909. The van der Waals surface area contributed by atoms with Gasteiger partial charge in [-0.15, -0.1) is 0 Å². The predicted octanol–water partition coefficient (Wildman–Crippen LogP) is 1.83. The average molecular weight is 199 g/mol. The van der Waals surface area contributed by atoms with E-state index in [1.807, 2.05) is 0 Å². The van der Waals surface area contributed by atoms with Crippen LogP contribution in [-0.4, -0.2) is 35.1 Å². The summed E-state index contributed by atoms with van der Waals surface area (Å²) in [5.41, 5.74) is 0.381. The number of carbonyl (C=O) groups is 1. The smallest absolute Gasteiger partial charge is 0.304 e. The molecule has 1 aliphatic heterocycles. The van der Waals surface area contributed by atoms with E-state index in [0.717, 1.165) is 13.1 Å². The minimum absolute atomic E-state index is 0.209. The topological polar surface area (TPSA) is 40.5 Å². The lowest BCUT2D eigenvalue weighted by molar-refractivity contribution is -0.140. The molecule has 82 valence electrons. The number of nitrogens with zero attached hydrogens (tertiary/aromatic N) is 1. The van der Waals surface area contributed by atoms with E-state index in [9.17, 15) is 4.79 Å². The van der Waals surface area contributed by atoms with Crippen LogP contribution >= 0.6 is 0 Å². The molecule has 1 fully saturated rings. The molecule has 1 N–H and O–H groups in total. The normalized spacial score (nSPS) is 23.2. The van der Waals surface area contributed by atoms with Crippen LogP contribution < -0.4 is 0 Å². The zero-order chi connectivity index (χ0) is 10.9. The second-order valence-electron chi connectivity index (χ2n) is 5.48. The highest BCUT2D eigenvalue weighted by Gasteiger charge is 2.39. The highest BCUT2D eigenvalue weighted by molar-refractivity contribution is 5.67. The molecule has 0 bridgehead atoms. The number of carboxylic acid groups (broad SMARTS) is 1. The Balaban J connectivity index is 2.49.